The Bertz CT molecular complexity index is 1150. The van der Waals surface area contributed by atoms with E-state index in [1.54, 1.807) is 23.5 Å². The van der Waals surface area contributed by atoms with E-state index in [9.17, 15) is 9.18 Å². The van der Waals surface area contributed by atoms with E-state index < -0.39 is 0 Å². The van der Waals surface area contributed by atoms with Crippen molar-refractivity contribution in [2.24, 2.45) is 0 Å². The molecule has 28 heavy (non-hydrogen) atoms. The van der Waals surface area contributed by atoms with Gasteiger partial charge in [-0.15, -0.1) is 0 Å². The number of fused-ring (bicyclic) bond motifs is 1. The van der Waals surface area contributed by atoms with Crippen molar-refractivity contribution in [1.82, 2.24) is 14.7 Å². The molecule has 2 heterocycles. The second-order valence-electron chi connectivity index (χ2n) is 6.96. The van der Waals surface area contributed by atoms with Gasteiger partial charge in [-0.25, -0.2) is 9.37 Å². The Morgan fingerprint density at radius 2 is 1.79 bits per heavy atom. The van der Waals surface area contributed by atoms with Crippen molar-refractivity contribution in [2.45, 2.75) is 27.3 Å². The summed E-state index contributed by atoms with van der Waals surface area (Å²) < 4.78 is 15.1. The van der Waals surface area contributed by atoms with Gasteiger partial charge in [0.2, 0.25) is 0 Å². The summed E-state index contributed by atoms with van der Waals surface area (Å²) in [5, 5.41) is 3.00. The number of aryl methyl sites for hydroxylation is 3. The Kier molecular flexibility index (Phi) is 4.73. The Morgan fingerprint density at radius 1 is 1.11 bits per heavy atom. The molecule has 4 rings (SSSR count). The maximum absolute atomic E-state index is 13.1. The Labute approximate surface area is 166 Å². The lowest BCUT2D eigenvalue weighted by atomic mass is 10.1. The van der Waals surface area contributed by atoms with Crippen molar-refractivity contribution >= 4 is 22.2 Å². The van der Waals surface area contributed by atoms with Gasteiger partial charge in [-0.2, -0.15) is 0 Å². The molecule has 0 bridgehead atoms. The van der Waals surface area contributed by atoms with Gasteiger partial charge in [0.25, 0.3) is 5.91 Å². The second kappa shape index (κ2) is 7.20. The van der Waals surface area contributed by atoms with Gasteiger partial charge < -0.3 is 5.32 Å². The van der Waals surface area contributed by atoms with Crippen LogP contribution in [0.3, 0.4) is 0 Å². The molecule has 0 unspecified atom stereocenters. The highest BCUT2D eigenvalue weighted by atomic mass is 32.1. The highest BCUT2D eigenvalue weighted by Gasteiger charge is 2.14. The molecule has 142 valence electrons. The summed E-state index contributed by atoms with van der Waals surface area (Å²) in [7, 11) is 0. The molecular formula is C22H20FN3OS. The number of thiazole rings is 1. The van der Waals surface area contributed by atoms with Crippen molar-refractivity contribution in [2.75, 3.05) is 0 Å². The van der Waals surface area contributed by atoms with Crippen molar-refractivity contribution < 1.29 is 9.18 Å². The molecule has 0 saturated heterocycles. The first-order valence-corrected chi connectivity index (χ1v) is 9.82. The summed E-state index contributed by atoms with van der Waals surface area (Å²) in [5.41, 5.74) is 5.55. The van der Waals surface area contributed by atoms with Crippen molar-refractivity contribution in [3.05, 3.63) is 81.7 Å². The van der Waals surface area contributed by atoms with Crippen molar-refractivity contribution in [1.29, 1.82) is 0 Å². The van der Waals surface area contributed by atoms with Crippen LogP contribution in [0, 0.1) is 26.6 Å². The average Bonchev–Trinajstić information content (AvgIpc) is 3.19. The maximum atomic E-state index is 13.1. The number of imidazole rings is 1. The molecule has 0 radical (unpaired) electrons. The highest BCUT2D eigenvalue weighted by molar-refractivity contribution is 7.17. The van der Waals surface area contributed by atoms with Gasteiger partial charge in [-0.05, 0) is 57.2 Å². The summed E-state index contributed by atoms with van der Waals surface area (Å²) in [5.74, 6) is -0.341. The van der Waals surface area contributed by atoms with Crippen LogP contribution in [-0.2, 0) is 6.54 Å². The number of hydrogen-bond acceptors (Lipinski definition) is 3. The van der Waals surface area contributed by atoms with Crippen LogP contribution in [0.1, 0.15) is 32.1 Å². The first kappa shape index (κ1) is 18.4. The molecular weight excluding hydrogens is 373 g/mol. The summed E-state index contributed by atoms with van der Waals surface area (Å²) in [4.78, 5) is 19.1. The fraction of sp³-hybridized carbons (Fsp3) is 0.182. The van der Waals surface area contributed by atoms with Gasteiger partial charge in [-0.1, -0.05) is 28.5 Å². The molecule has 0 saturated carbocycles. The Morgan fingerprint density at radius 3 is 2.43 bits per heavy atom. The number of hydrogen-bond donors (Lipinski definition) is 1. The zero-order valence-electron chi connectivity index (χ0n) is 15.9. The molecule has 4 nitrogen and oxygen atoms in total. The molecule has 0 aliphatic heterocycles. The van der Waals surface area contributed by atoms with Gasteiger partial charge in [-0.3, -0.25) is 9.20 Å². The van der Waals surface area contributed by atoms with Gasteiger partial charge in [0.15, 0.2) is 4.96 Å². The molecule has 0 aliphatic carbocycles. The number of carbonyl (C=O) groups excluding carboxylic acids is 1. The SMILES string of the molecule is Cc1cc(C)cc(C(=O)NCc2sc3nc(-c4ccc(F)cc4)cn3c2C)c1. The van der Waals surface area contributed by atoms with Crippen LogP contribution in [0.15, 0.2) is 48.7 Å². The molecule has 0 spiro atoms. The van der Waals surface area contributed by atoms with E-state index >= 15 is 0 Å². The van der Waals surface area contributed by atoms with Gasteiger partial charge >= 0.3 is 0 Å². The standard InChI is InChI=1S/C22H20FN3OS/c1-13-8-14(2)10-17(9-13)21(27)24-11-20-15(3)26-12-19(25-22(26)28-20)16-4-6-18(23)7-5-16/h4-10,12H,11H2,1-3H3,(H,24,27). The number of carbonyl (C=O) groups is 1. The fourth-order valence-electron chi connectivity index (χ4n) is 3.29. The number of rotatable bonds is 4. The number of amides is 1. The van der Waals surface area contributed by atoms with E-state index in [-0.39, 0.29) is 11.7 Å². The van der Waals surface area contributed by atoms with Crippen molar-refractivity contribution in [3.63, 3.8) is 0 Å². The summed E-state index contributed by atoms with van der Waals surface area (Å²) in [6.45, 7) is 6.44. The lowest BCUT2D eigenvalue weighted by Gasteiger charge is -2.07. The lowest BCUT2D eigenvalue weighted by molar-refractivity contribution is 0.0951. The zero-order chi connectivity index (χ0) is 19.8. The lowest BCUT2D eigenvalue weighted by Crippen LogP contribution is -2.23. The first-order valence-electron chi connectivity index (χ1n) is 9.00. The number of benzene rings is 2. The van der Waals surface area contributed by atoms with Gasteiger partial charge in [0.05, 0.1) is 12.2 Å². The van der Waals surface area contributed by atoms with Gasteiger partial charge in [0.1, 0.15) is 5.82 Å². The fourth-order valence-corrected chi connectivity index (χ4v) is 4.33. The van der Waals surface area contributed by atoms with Crippen LogP contribution < -0.4 is 5.32 Å². The van der Waals surface area contributed by atoms with Crippen LogP contribution in [0.2, 0.25) is 0 Å². The Hall–Kier alpha value is -2.99. The normalized spacial score (nSPS) is 11.1. The Balaban J connectivity index is 1.53. The third kappa shape index (κ3) is 3.55. The molecule has 0 fully saturated rings. The molecule has 1 N–H and O–H groups in total. The molecule has 2 aromatic carbocycles. The monoisotopic (exact) mass is 393 g/mol. The third-order valence-corrected chi connectivity index (χ3v) is 5.84. The number of nitrogens with one attached hydrogen (secondary N) is 1. The maximum Gasteiger partial charge on any atom is 0.251 e. The minimum Gasteiger partial charge on any atom is -0.347 e. The van der Waals surface area contributed by atoms with E-state index in [1.165, 1.54) is 12.1 Å². The molecule has 4 aromatic rings. The van der Waals surface area contributed by atoms with Gasteiger partial charge in [0, 0.05) is 27.9 Å². The quantitative estimate of drug-likeness (QED) is 0.527. The minimum absolute atomic E-state index is 0.0794. The molecule has 6 heteroatoms. The average molecular weight is 393 g/mol. The van der Waals surface area contributed by atoms with Crippen LogP contribution in [0.5, 0.6) is 0 Å². The van der Waals surface area contributed by atoms with Crippen molar-refractivity contribution in [3.8, 4) is 11.3 Å². The largest absolute Gasteiger partial charge is 0.347 e. The summed E-state index contributed by atoms with van der Waals surface area (Å²) in [6, 6.07) is 12.2. The smallest absolute Gasteiger partial charge is 0.251 e. The van der Waals surface area contributed by atoms with E-state index in [0.29, 0.717) is 12.1 Å². The molecule has 2 aromatic heterocycles. The zero-order valence-corrected chi connectivity index (χ0v) is 16.7. The summed E-state index contributed by atoms with van der Waals surface area (Å²) in [6.07, 6.45) is 1.95. The van der Waals surface area contributed by atoms with Crippen LogP contribution in [0.25, 0.3) is 16.2 Å². The summed E-state index contributed by atoms with van der Waals surface area (Å²) >= 11 is 1.55. The number of nitrogens with zero attached hydrogens (tertiary/aromatic N) is 2. The predicted molar refractivity (Wildman–Crippen MR) is 110 cm³/mol. The van der Waals surface area contributed by atoms with E-state index in [2.05, 4.69) is 10.3 Å². The van der Waals surface area contributed by atoms with E-state index in [0.717, 1.165) is 37.9 Å². The molecule has 1 amide bonds. The number of aromatic nitrogens is 2. The first-order chi connectivity index (χ1) is 13.4. The topological polar surface area (TPSA) is 46.4 Å². The van der Waals surface area contributed by atoms with Crippen LogP contribution in [-0.4, -0.2) is 15.3 Å². The van der Waals surface area contributed by atoms with E-state index in [1.807, 2.05) is 49.6 Å². The second-order valence-corrected chi connectivity index (χ2v) is 8.02. The minimum atomic E-state index is -0.261. The third-order valence-electron chi connectivity index (χ3n) is 4.69. The predicted octanol–water partition coefficient (Wildman–Crippen LogP) is 5.06. The van der Waals surface area contributed by atoms with Crippen LogP contribution in [0.4, 0.5) is 4.39 Å². The molecule has 0 atom stereocenters. The highest BCUT2D eigenvalue weighted by Crippen LogP contribution is 2.27. The van der Waals surface area contributed by atoms with E-state index in [4.69, 9.17) is 0 Å². The molecule has 0 aliphatic rings. The van der Waals surface area contributed by atoms with Crippen LogP contribution >= 0.6 is 11.3 Å². The number of halogens is 1.